The van der Waals surface area contributed by atoms with Gasteiger partial charge in [-0.25, -0.2) is 0 Å². The van der Waals surface area contributed by atoms with Gasteiger partial charge in [0.05, 0.1) is 0 Å². The van der Waals surface area contributed by atoms with Gasteiger partial charge in [-0.05, 0) is 31.5 Å². The Morgan fingerprint density at radius 3 is 2.33 bits per heavy atom. The van der Waals surface area contributed by atoms with Gasteiger partial charge in [0, 0.05) is 12.1 Å². The minimum atomic E-state index is 0.178. The fourth-order valence-electron chi connectivity index (χ4n) is 2.63. The Kier molecular flexibility index (Phi) is 4.76. The molecule has 0 bridgehead atoms. The maximum Gasteiger partial charge on any atom is 0.123 e. The zero-order valence-corrected chi connectivity index (χ0v) is 11.0. The van der Waals surface area contributed by atoms with Gasteiger partial charge in [-0.3, -0.25) is 10.3 Å². The van der Waals surface area contributed by atoms with Crippen LogP contribution in [-0.2, 0) is 6.54 Å². The Labute approximate surface area is 109 Å². The van der Waals surface area contributed by atoms with E-state index >= 15 is 0 Å². The summed E-state index contributed by atoms with van der Waals surface area (Å²) in [6, 6.07) is 8.02. The molecule has 0 amide bonds. The monoisotopic (exact) mass is 245 g/mol. The molecule has 1 aromatic carbocycles. The third kappa shape index (κ3) is 3.57. The van der Waals surface area contributed by atoms with Crippen LogP contribution in [0, 0.1) is 5.41 Å². The summed E-state index contributed by atoms with van der Waals surface area (Å²) in [7, 11) is 0. The fraction of sp³-hybridized carbons (Fsp3) is 0.533. The Morgan fingerprint density at radius 1 is 1.06 bits per heavy atom. The average molecular weight is 245 g/mol. The second-order valence-corrected chi connectivity index (χ2v) is 5.11. The smallest absolute Gasteiger partial charge is 0.123 e. The Balaban J connectivity index is 2.05. The van der Waals surface area contributed by atoms with Crippen molar-refractivity contribution in [1.82, 2.24) is 4.90 Å². The topological polar surface area (TPSA) is 53.1 Å². The highest BCUT2D eigenvalue weighted by atomic mass is 15.1. The highest BCUT2D eigenvalue weighted by Gasteiger charge is 2.11. The van der Waals surface area contributed by atoms with Crippen LogP contribution >= 0.6 is 0 Å². The normalized spacial score (nSPS) is 18.0. The number of nitrogens with two attached hydrogens (primary N) is 1. The van der Waals surface area contributed by atoms with Crippen molar-refractivity contribution in [1.29, 1.82) is 5.41 Å². The summed E-state index contributed by atoms with van der Waals surface area (Å²) in [6.45, 7) is 3.27. The molecule has 3 nitrogen and oxygen atoms in total. The van der Waals surface area contributed by atoms with Crippen molar-refractivity contribution in [2.75, 3.05) is 13.1 Å². The van der Waals surface area contributed by atoms with E-state index in [0.29, 0.717) is 0 Å². The number of nitrogen functional groups attached to an aromatic ring is 1. The summed E-state index contributed by atoms with van der Waals surface area (Å²) in [5, 5.41) is 7.63. The van der Waals surface area contributed by atoms with Gasteiger partial charge in [0.1, 0.15) is 5.84 Å². The lowest BCUT2D eigenvalue weighted by Gasteiger charge is -2.25. The third-order valence-electron chi connectivity index (χ3n) is 3.65. The molecule has 3 N–H and O–H groups in total. The van der Waals surface area contributed by atoms with Crippen LogP contribution < -0.4 is 5.73 Å². The van der Waals surface area contributed by atoms with Gasteiger partial charge in [-0.15, -0.1) is 0 Å². The van der Waals surface area contributed by atoms with Crippen molar-refractivity contribution in [3.05, 3.63) is 35.4 Å². The number of rotatable bonds is 3. The van der Waals surface area contributed by atoms with E-state index in [4.69, 9.17) is 11.1 Å². The van der Waals surface area contributed by atoms with Gasteiger partial charge in [0.25, 0.3) is 0 Å². The van der Waals surface area contributed by atoms with E-state index in [1.807, 2.05) is 18.2 Å². The number of nitrogens with zero attached hydrogens (tertiary/aromatic N) is 1. The number of hydrogen-bond donors (Lipinski definition) is 2. The molecule has 98 valence electrons. The van der Waals surface area contributed by atoms with Crippen LogP contribution in [0.1, 0.15) is 43.2 Å². The van der Waals surface area contributed by atoms with Gasteiger partial charge < -0.3 is 5.73 Å². The molecule has 0 atom stereocenters. The SMILES string of the molecule is N=C(N)c1ccccc1CN1CCCCCCC1. The first-order chi connectivity index (χ1) is 8.77. The van der Waals surface area contributed by atoms with Crippen molar-refractivity contribution < 1.29 is 0 Å². The Morgan fingerprint density at radius 2 is 1.67 bits per heavy atom. The molecule has 1 aromatic rings. The second kappa shape index (κ2) is 6.55. The first kappa shape index (κ1) is 13.1. The van der Waals surface area contributed by atoms with E-state index < -0.39 is 0 Å². The van der Waals surface area contributed by atoms with Crippen LogP contribution in [0.5, 0.6) is 0 Å². The molecule has 0 saturated carbocycles. The van der Waals surface area contributed by atoms with Gasteiger partial charge >= 0.3 is 0 Å². The van der Waals surface area contributed by atoms with Crippen molar-refractivity contribution in [3.63, 3.8) is 0 Å². The van der Waals surface area contributed by atoms with E-state index in [2.05, 4.69) is 11.0 Å². The molecule has 2 rings (SSSR count). The lowest BCUT2D eigenvalue weighted by Crippen LogP contribution is -2.28. The molecular weight excluding hydrogens is 222 g/mol. The average Bonchev–Trinajstić information content (AvgIpc) is 2.33. The van der Waals surface area contributed by atoms with Gasteiger partial charge in [-0.1, -0.05) is 43.5 Å². The second-order valence-electron chi connectivity index (χ2n) is 5.11. The molecule has 1 aliphatic heterocycles. The Hall–Kier alpha value is -1.35. The van der Waals surface area contributed by atoms with E-state index in [-0.39, 0.29) is 5.84 Å². The highest BCUT2D eigenvalue weighted by Crippen LogP contribution is 2.15. The Bertz CT molecular complexity index is 392. The summed E-state index contributed by atoms with van der Waals surface area (Å²) in [6.07, 6.45) is 6.68. The first-order valence-corrected chi connectivity index (χ1v) is 6.92. The number of benzene rings is 1. The van der Waals surface area contributed by atoms with Crippen molar-refractivity contribution in [2.45, 2.75) is 38.6 Å². The van der Waals surface area contributed by atoms with Crippen LogP contribution in [0.3, 0.4) is 0 Å². The highest BCUT2D eigenvalue weighted by molar-refractivity contribution is 5.96. The molecule has 0 aliphatic carbocycles. The molecule has 1 fully saturated rings. The fourth-order valence-corrected chi connectivity index (χ4v) is 2.63. The van der Waals surface area contributed by atoms with E-state index in [9.17, 15) is 0 Å². The van der Waals surface area contributed by atoms with E-state index in [1.54, 1.807) is 0 Å². The van der Waals surface area contributed by atoms with Crippen molar-refractivity contribution in [2.24, 2.45) is 5.73 Å². The maximum absolute atomic E-state index is 7.63. The van der Waals surface area contributed by atoms with E-state index in [0.717, 1.165) is 12.1 Å². The maximum atomic E-state index is 7.63. The molecule has 1 saturated heterocycles. The predicted molar refractivity (Wildman–Crippen MR) is 75.8 cm³/mol. The molecule has 1 heterocycles. The minimum Gasteiger partial charge on any atom is -0.384 e. The molecule has 0 spiro atoms. The first-order valence-electron chi connectivity index (χ1n) is 6.92. The largest absolute Gasteiger partial charge is 0.384 e. The quantitative estimate of drug-likeness (QED) is 0.635. The lowest BCUT2D eigenvalue weighted by atomic mass is 10.0. The summed E-state index contributed by atoms with van der Waals surface area (Å²) in [5.41, 5.74) is 7.71. The molecular formula is C15H23N3. The van der Waals surface area contributed by atoms with Crippen molar-refractivity contribution >= 4 is 5.84 Å². The number of nitrogens with one attached hydrogen (secondary N) is 1. The van der Waals surface area contributed by atoms with Gasteiger partial charge in [0.15, 0.2) is 0 Å². The summed E-state index contributed by atoms with van der Waals surface area (Å²) >= 11 is 0. The zero-order valence-electron chi connectivity index (χ0n) is 11.0. The van der Waals surface area contributed by atoms with Crippen LogP contribution in [-0.4, -0.2) is 23.8 Å². The van der Waals surface area contributed by atoms with Crippen LogP contribution in [0.4, 0.5) is 0 Å². The predicted octanol–water partition coefficient (Wildman–Crippen LogP) is 2.74. The van der Waals surface area contributed by atoms with E-state index in [1.165, 1.54) is 50.8 Å². The summed E-state index contributed by atoms with van der Waals surface area (Å²) in [4.78, 5) is 2.50. The lowest BCUT2D eigenvalue weighted by molar-refractivity contribution is 0.239. The number of hydrogen-bond acceptors (Lipinski definition) is 2. The van der Waals surface area contributed by atoms with Crippen LogP contribution in [0.25, 0.3) is 0 Å². The van der Waals surface area contributed by atoms with Gasteiger partial charge in [-0.2, -0.15) is 0 Å². The molecule has 0 aromatic heterocycles. The molecule has 0 unspecified atom stereocenters. The summed E-state index contributed by atoms with van der Waals surface area (Å²) in [5.74, 6) is 0.178. The summed E-state index contributed by atoms with van der Waals surface area (Å²) < 4.78 is 0. The third-order valence-corrected chi connectivity index (χ3v) is 3.65. The molecule has 18 heavy (non-hydrogen) atoms. The van der Waals surface area contributed by atoms with Crippen LogP contribution in [0.2, 0.25) is 0 Å². The number of likely N-dealkylation sites (tertiary alicyclic amines) is 1. The molecule has 3 heteroatoms. The van der Waals surface area contributed by atoms with Crippen LogP contribution in [0.15, 0.2) is 24.3 Å². The minimum absolute atomic E-state index is 0.178. The number of amidine groups is 1. The van der Waals surface area contributed by atoms with Gasteiger partial charge in [0.2, 0.25) is 0 Å². The van der Waals surface area contributed by atoms with Crippen molar-refractivity contribution in [3.8, 4) is 0 Å². The molecule has 0 radical (unpaired) electrons. The molecule has 1 aliphatic rings. The zero-order chi connectivity index (χ0) is 12.8. The standard InChI is InChI=1S/C15H23N3/c16-15(17)14-9-5-4-8-13(14)12-18-10-6-2-1-3-7-11-18/h4-5,8-9H,1-3,6-7,10-12H2,(H3,16,17).